The van der Waals surface area contributed by atoms with Crippen LogP contribution in [-0.4, -0.2) is 34.6 Å². The Bertz CT molecular complexity index is 869. The predicted molar refractivity (Wildman–Crippen MR) is 137 cm³/mol. The number of hydrogen-bond acceptors (Lipinski definition) is 3. The number of nitrogens with one attached hydrogen (secondary N) is 1. The molecule has 0 aromatic heterocycles. The zero-order valence-corrected chi connectivity index (χ0v) is 21.0. The zero-order valence-electron chi connectivity index (χ0n) is 19.5. The van der Waals surface area contributed by atoms with Crippen molar-refractivity contribution in [3.05, 3.63) is 65.2 Å². The van der Waals surface area contributed by atoms with E-state index < -0.39 is 6.04 Å². The van der Waals surface area contributed by atoms with Gasteiger partial charge in [-0.3, -0.25) is 9.59 Å². The molecule has 0 saturated heterocycles. The van der Waals surface area contributed by atoms with Crippen LogP contribution in [0.5, 0.6) is 0 Å². The van der Waals surface area contributed by atoms with Crippen molar-refractivity contribution in [1.82, 2.24) is 10.2 Å². The summed E-state index contributed by atoms with van der Waals surface area (Å²) in [6.07, 6.45) is 7.46. The van der Waals surface area contributed by atoms with Crippen molar-refractivity contribution in [1.29, 1.82) is 0 Å². The first-order chi connectivity index (χ1) is 16.1. The van der Waals surface area contributed by atoms with Gasteiger partial charge in [0.05, 0.1) is 0 Å². The highest BCUT2D eigenvalue weighted by Gasteiger charge is 2.30. The lowest BCUT2D eigenvalue weighted by atomic mass is 9.95. The minimum atomic E-state index is -0.441. The highest BCUT2D eigenvalue weighted by molar-refractivity contribution is 7.99. The Balaban J connectivity index is 1.61. The van der Waals surface area contributed by atoms with E-state index in [9.17, 15) is 9.59 Å². The van der Waals surface area contributed by atoms with Crippen LogP contribution in [0.25, 0.3) is 0 Å². The Hall–Kier alpha value is -1.98. The van der Waals surface area contributed by atoms with Gasteiger partial charge in [0, 0.05) is 28.9 Å². The molecule has 0 aliphatic heterocycles. The summed E-state index contributed by atoms with van der Waals surface area (Å²) in [5.41, 5.74) is 1.05. The van der Waals surface area contributed by atoms with Gasteiger partial charge in [-0.2, -0.15) is 0 Å². The molecule has 1 fully saturated rings. The van der Waals surface area contributed by atoms with E-state index in [1.165, 1.54) is 19.3 Å². The van der Waals surface area contributed by atoms with E-state index in [2.05, 4.69) is 5.32 Å². The molecule has 1 atom stereocenters. The van der Waals surface area contributed by atoms with Crippen molar-refractivity contribution in [2.45, 2.75) is 81.8 Å². The number of carbonyl (C=O) groups excluding carboxylic acids is 2. The molecule has 1 aliphatic carbocycles. The van der Waals surface area contributed by atoms with E-state index in [1.54, 1.807) is 16.7 Å². The van der Waals surface area contributed by atoms with Crippen LogP contribution in [0.3, 0.4) is 0 Å². The number of carbonyl (C=O) groups is 2. The van der Waals surface area contributed by atoms with Gasteiger partial charge in [0.2, 0.25) is 11.8 Å². The second-order valence-corrected chi connectivity index (χ2v) is 10.3. The molecule has 0 spiro atoms. The van der Waals surface area contributed by atoms with Crippen LogP contribution in [0.4, 0.5) is 0 Å². The first-order valence-electron chi connectivity index (χ1n) is 12.1. The molecule has 0 unspecified atom stereocenters. The molecule has 1 saturated carbocycles. The van der Waals surface area contributed by atoms with Crippen LogP contribution in [-0.2, 0) is 16.1 Å². The third kappa shape index (κ3) is 8.38. The molecular weight excluding hydrogens is 452 g/mol. The number of hydrogen-bond donors (Lipinski definition) is 1. The molecule has 1 aliphatic rings. The number of halogens is 1. The fourth-order valence-corrected chi connectivity index (χ4v) is 5.31. The van der Waals surface area contributed by atoms with Crippen molar-refractivity contribution >= 4 is 35.2 Å². The normalized spacial score (nSPS) is 15.1. The predicted octanol–water partition coefficient (Wildman–Crippen LogP) is 6.47. The standard InChI is InChI=1S/C27H35ClN2O2S/c1-2-25(27(32)29-23-12-7-4-8-13-23)30(20-21-10-5-3-6-11-21)26(31)14-9-19-33-24-17-15-22(28)16-18-24/h3,5-6,10-11,15-18,23,25H,2,4,7-9,12-14,19-20H2,1H3,(H,29,32)/t25-/m0/s1. The molecule has 0 heterocycles. The largest absolute Gasteiger partial charge is 0.352 e. The summed E-state index contributed by atoms with van der Waals surface area (Å²) in [5, 5.41) is 3.96. The second kappa shape index (κ2) is 13.7. The smallest absolute Gasteiger partial charge is 0.243 e. The number of thioether (sulfide) groups is 1. The van der Waals surface area contributed by atoms with Crippen LogP contribution in [0.15, 0.2) is 59.5 Å². The summed E-state index contributed by atoms with van der Waals surface area (Å²) in [6, 6.07) is 17.5. The average molecular weight is 487 g/mol. The third-order valence-corrected chi connectivity index (χ3v) is 7.50. The molecule has 2 aromatic carbocycles. The lowest BCUT2D eigenvalue weighted by Crippen LogP contribution is -2.51. The zero-order chi connectivity index (χ0) is 23.5. The minimum absolute atomic E-state index is 0.00998. The van der Waals surface area contributed by atoms with E-state index in [0.717, 1.165) is 40.5 Å². The maximum absolute atomic E-state index is 13.3. The molecule has 6 heteroatoms. The molecule has 178 valence electrons. The number of amides is 2. The molecule has 3 rings (SSSR count). The summed E-state index contributed by atoms with van der Waals surface area (Å²) in [6.45, 7) is 2.45. The summed E-state index contributed by atoms with van der Waals surface area (Å²) < 4.78 is 0. The maximum Gasteiger partial charge on any atom is 0.243 e. The Morgan fingerprint density at radius 2 is 1.76 bits per heavy atom. The molecule has 4 nitrogen and oxygen atoms in total. The molecular formula is C27H35ClN2O2S. The van der Waals surface area contributed by atoms with Gasteiger partial charge in [0.25, 0.3) is 0 Å². The van der Waals surface area contributed by atoms with Gasteiger partial charge in [0.15, 0.2) is 0 Å². The van der Waals surface area contributed by atoms with Crippen LogP contribution < -0.4 is 5.32 Å². The fourth-order valence-electron chi connectivity index (χ4n) is 4.33. The van der Waals surface area contributed by atoms with E-state index in [1.807, 2.05) is 61.5 Å². The van der Waals surface area contributed by atoms with Crippen molar-refractivity contribution in [2.75, 3.05) is 5.75 Å². The van der Waals surface area contributed by atoms with Gasteiger partial charge in [-0.25, -0.2) is 0 Å². The summed E-state index contributed by atoms with van der Waals surface area (Å²) in [4.78, 5) is 29.5. The molecule has 0 radical (unpaired) electrons. The maximum atomic E-state index is 13.3. The highest BCUT2D eigenvalue weighted by Crippen LogP contribution is 2.23. The molecule has 2 amide bonds. The fraction of sp³-hybridized carbons (Fsp3) is 0.481. The van der Waals surface area contributed by atoms with Gasteiger partial charge in [0.1, 0.15) is 6.04 Å². The molecule has 2 aromatic rings. The van der Waals surface area contributed by atoms with Gasteiger partial charge < -0.3 is 10.2 Å². The van der Waals surface area contributed by atoms with Gasteiger partial charge in [-0.15, -0.1) is 11.8 Å². The number of nitrogens with zero attached hydrogens (tertiary/aromatic N) is 1. The van der Waals surface area contributed by atoms with Crippen molar-refractivity contribution in [2.24, 2.45) is 0 Å². The first kappa shape index (κ1) is 25.6. The monoisotopic (exact) mass is 486 g/mol. The van der Waals surface area contributed by atoms with Gasteiger partial charge in [-0.05, 0) is 61.3 Å². The SMILES string of the molecule is CC[C@@H](C(=O)NC1CCCCC1)N(Cc1ccccc1)C(=O)CCCSc1ccc(Cl)cc1. The molecule has 1 N–H and O–H groups in total. The van der Waals surface area contributed by atoms with E-state index in [0.29, 0.717) is 19.4 Å². The van der Waals surface area contributed by atoms with Crippen LogP contribution in [0.1, 0.15) is 63.9 Å². The van der Waals surface area contributed by atoms with E-state index >= 15 is 0 Å². The summed E-state index contributed by atoms with van der Waals surface area (Å²) in [7, 11) is 0. The van der Waals surface area contributed by atoms with E-state index in [-0.39, 0.29) is 17.9 Å². The quantitative estimate of drug-likeness (QED) is 0.292. The minimum Gasteiger partial charge on any atom is -0.352 e. The van der Waals surface area contributed by atoms with Crippen molar-refractivity contribution < 1.29 is 9.59 Å². The summed E-state index contributed by atoms with van der Waals surface area (Å²) in [5.74, 6) is 0.878. The van der Waals surface area contributed by atoms with Crippen LogP contribution in [0, 0.1) is 0 Å². The Morgan fingerprint density at radius 1 is 1.06 bits per heavy atom. The Labute approximate surface area is 207 Å². The number of benzene rings is 2. The van der Waals surface area contributed by atoms with Crippen molar-refractivity contribution in [3.63, 3.8) is 0 Å². The lowest BCUT2D eigenvalue weighted by Gasteiger charge is -2.33. The summed E-state index contributed by atoms with van der Waals surface area (Å²) >= 11 is 7.68. The van der Waals surface area contributed by atoms with Gasteiger partial charge in [-0.1, -0.05) is 68.1 Å². The Morgan fingerprint density at radius 3 is 2.42 bits per heavy atom. The molecule has 0 bridgehead atoms. The topological polar surface area (TPSA) is 49.4 Å². The van der Waals surface area contributed by atoms with Crippen molar-refractivity contribution in [3.8, 4) is 0 Å². The number of rotatable bonds is 11. The average Bonchev–Trinajstić information content (AvgIpc) is 2.84. The highest BCUT2D eigenvalue weighted by atomic mass is 35.5. The lowest BCUT2D eigenvalue weighted by molar-refractivity contribution is -0.141. The third-order valence-electron chi connectivity index (χ3n) is 6.15. The molecule has 33 heavy (non-hydrogen) atoms. The van der Waals surface area contributed by atoms with Gasteiger partial charge >= 0.3 is 0 Å². The van der Waals surface area contributed by atoms with E-state index in [4.69, 9.17) is 11.6 Å². The first-order valence-corrected chi connectivity index (χ1v) is 13.4. The van der Waals surface area contributed by atoms with Crippen LogP contribution in [0.2, 0.25) is 5.02 Å². The Kier molecular flexibility index (Phi) is 10.6. The second-order valence-electron chi connectivity index (χ2n) is 8.68. The van der Waals surface area contributed by atoms with Crippen LogP contribution >= 0.6 is 23.4 Å².